The molecule has 1 amide bonds. The summed E-state index contributed by atoms with van der Waals surface area (Å²) in [6.45, 7) is 8.20. The average Bonchev–Trinajstić information content (AvgIpc) is 2.65. The maximum Gasteiger partial charge on any atom is 0.263 e. The molecule has 0 N–H and O–H groups in total. The molecule has 0 bridgehead atoms. The van der Waals surface area contributed by atoms with Crippen molar-refractivity contribution in [2.45, 2.75) is 26.9 Å². The first kappa shape index (κ1) is 18.2. The second-order valence-electron chi connectivity index (χ2n) is 6.77. The highest BCUT2D eigenvalue weighted by Gasteiger charge is 2.27. The van der Waals surface area contributed by atoms with Crippen LogP contribution in [0.4, 0.5) is 10.1 Å². The number of benzene rings is 2. The van der Waals surface area contributed by atoms with Crippen LogP contribution in [0.1, 0.15) is 18.1 Å². The second kappa shape index (κ2) is 7.77. The first-order chi connectivity index (χ1) is 12.5. The SMILES string of the molecule is Cc1ccc(O[C@@H](C)C(=O)N2CCN(c3ccccc3F)CC2)cc1C. The molecule has 0 unspecified atom stereocenters. The first-order valence-electron chi connectivity index (χ1n) is 8.98. The van der Waals surface area contributed by atoms with Crippen LogP contribution in [0, 0.1) is 19.7 Å². The molecule has 0 aromatic heterocycles. The molecule has 4 nitrogen and oxygen atoms in total. The molecule has 1 saturated heterocycles. The van der Waals surface area contributed by atoms with Crippen LogP contribution in [0.15, 0.2) is 42.5 Å². The Hall–Kier alpha value is -2.56. The van der Waals surface area contributed by atoms with E-state index in [-0.39, 0.29) is 11.7 Å². The van der Waals surface area contributed by atoms with E-state index in [1.165, 1.54) is 11.6 Å². The number of hydrogen-bond acceptors (Lipinski definition) is 3. The molecule has 1 atom stereocenters. The lowest BCUT2D eigenvalue weighted by Crippen LogP contribution is -2.52. The lowest BCUT2D eigenvalue weighted by Gasteiger charge is -2.37. The molecule has 0 spiro atoms. The van der Waals surface area contributed by atoms with E-state index in [0.29, 0.717) is 37.6 Å². The van der Waals surface area contributed by atoms with E-state index >= 15 is 0 Å². The van der Waals surface area contributed by atoms with Gasteiger partial charge in [0.1, 0.15) is 11.6 Å². The normalized spacial score (nSPS) is 15.7. The van der Waals surface area contributed by atoms with E-state index in [4.69, 9.17) is 4.74 Å². The highest BCUT2D eigenvalue weighted by molar-refractivity contribution is 5.81. The van der Waals surface area contributed by atoms with Crippen molar-refractivity contribution in [1.82, 2.24) is 4.90 Å². The quantitative estimate of drug-likeness (QED) is 0.840. The van der Waals surface area contributed by atoms with Crippen LogP contribution in [0.3, 0.4) is 0 Å². The molecular weight excluding hydrogens is 331 g/mol. The topological polar surface area (TPSA) is 32.8 Å². The Morgan fingerprint density at radius 1 is 1.04 bits per heavy atom. The van der Waals surface area contributed by atoms with Crippen molar-refractivity contribution in [3.8, 4) is 5.75 Å². The van der Waals surface area contributed by atoms with Crippen LogP contribution < -0.4 is 9.64 Å². The Kier molecular flexibility index (Phi) is 5.45. The molecule has 2 aromatic carbocycles. The molecule has 1 heterocycles. The summed E-state index contributed by atoms with van der Waals surface area (Å²) in [6, 6.07) is 12.6. The number of anilines is 1. The molecule has 1 aliphatic rings. The average molecular weight is 356 g/mol. The fourth-order valence-corrected chi connectivity index (χ4v) is 3.17. The monoisotopic (exact) mass is 356 g/mol. The number of piperazine rings is 1. The smallest absolute Gasteiger partial charge is 0.263 e. The van der Waals surface area contributed by atoms with Crippen molar-refractivity contribution >= 4 is 11.6 Å². The minimum Gasteiger partial charge on any atom is -0.481 e. The van der Waals surface area contributed by atoms with Gasteiger partial charge in [-0.3, -0.25) is 4.79 Å². The fourth-order valence-electron chi connectivity index (χ4n) is 3.17. The highest BCUT2D eigenvalue weighted by atomic mass is 19.1. The number of carbonyl (C=O) groups excluding carboxylic acids is 1. The van der Waals surface area contributed by atoms with Gasteiger partial charge in [-0.25, -0.2) is 4.39 Å². The third-order valence-electron chi connectivity index (χ3n) is 4.92. The van der Waals surface area contributed by atoms with Crippen LogP contribution >= 0.6 is 0 Å². The van der Waals surface area contributed by atoms with Crippen LogP contribution in [0.25, 0.3) is 0 Å². The number of ether oxygens (including phenoxy) is 1. The highest BCUT2D eigenvalue weighted by Crippen LogP contribution is 2.21. The molecule has 0 saturated carbocycles. The van der Waals surface area contributed by atoms with Crippen molar-refractivity contribution in [3.05, 3.63) is 59.4 Å². The van der Waals surface area contributed by atoms with Crippen LogP contribution in [0.2, 0.25) is 0 Å². The molecule has 138 valence electrons. The van der Waals surface area contributed by atoms with Gasteiger partial charge in [0.15, 0.2) is 6.10 Å². The third kappa shape index (κ3) is 3.98. The van der Waals surface area contributed by atoms with E-state index in [1.54, 1.807) is 24.0 Å². The van der Waals surface area contributed by atoms with Gasteiger partial charge in [0, 0.05) is 26.2 Å². The summed E-state index contributed by atoms with van der Waals surface area (Å²) in [6.07, 6.45) is -0.544. The van der Waals surface area contributed by atoms with Gasteiger partial charge >= 0.3 is 0 Å². The first-order valence-corrected chi connectivity index (χ1v) is 8.98. The van der Waals surface area contributed by atoms with Crippen LogP contribution in [-0.2, 0) is 4.79 Å². The number of aryl methyl sites for hydroxylation is 2. The lowest BCUT2D eigenvalue weighted by atomic mass is 10.1. The standard InChI is InChI=1S/C21H25FN2O2/c1-15-8-9-18(14-16(15)2)26-17(3)21(25)24-12-10-23(11-13-24)20-7-5-4-6-19(20)22/h4-9,14,17H,10-13H2,1-3H3/t17-/m0/s1. The van der Waals surface area contributed by atoms with Crippen molar-refractivity contribution < 1.29 is 13.9 Å². The maximum absolute atomic E-state index is 13.9. The maximum atomic E-state index is 13.9. The van der Waals surface area contributed by atoms with Crippen LogP contribution in [0.5, 0.6) is 5.75 Å². The van der Waals surface area contributed by atoms with Gasteiger partial charge in [-0.15, -0.1) is 0 Å². The number of carbonyl (C=O) groups is 1. The molecule has 0 radical (unpaired) electrons. The number of para-hydroxylation sites is 1. The van der Waals surface area contributed by atoms with Gasteiger partial charge in [0.25, 0.3) is 5.91 Å². The van der Waals surface area contributed by atoms with Crippen molar-refractivity contribution in [2.75, 3.05) is 31.1 Å². The largest absolute Gasteiger partial charge is 0.481 e. The lowest BCUT2D eigenvalue weighted by molar-refractivity contribution is -0.138. The van der Waals surface area contributed by atoms with Gasteiger partial charge in [-0.05, 0) is 56.2 Å². The summed E-state index contributed by atoms with van der Waals surface area (Å²) < 4.78 is 19.8. The van der Waals surface area contributed by atoms with E-state index in [9.17, 15) is 9.18 Å². The molecule has 1 fully saturated rings. The van der Waals surface area contributed by atoms with Crippen molar-refractivity contribution in [1.29, 1.82) is 0 Å². The Balaban J connectivity index is 1.57. The van der Waals surface area contributed by atoms with Gasteiger partial charge in [0.05, 0.1) is 5.69 Å². The summed E-state index contributed by atoms with van der Waals surface area (Å²) in [4.78, 5) is 16.4. The Morgan fingerprint density at radius 2 is 1.73 bits per heavy atom. The predicted octanol–water partition coefficient (Wildman–Crippen LogP) is 3.56. The number of hydrogen-bond donors (Lipinski definition) is 0. The molecule has 3 rings (SSSR count). The summed E-state index contributed by atoms with van der Waals surface area (Å²) in [5.41, 5.74) is 2.93. The van der Waals surface area contributed by atoms with Crippen LogP contribution in [-0.4, -0.2) is 43.1 Å². The molecule has 2 aromatic rings. The van der Waals surface area contributed by atoms with Gasteiger partial charge in [-0.2, -0.15) is 0 Å². The number of rotatable bonds is 4. The van der Waals surface area contributed by atoms with E-state index in [1.807, 2.05) is 43.0 Å². The summed E-state index contributed by atoms with van der Waals surface area (Å²) in [5.74, 6) is 0.453. The van der Waals surface area contributed by atoms with Crippen molar-refractivity contribution in [2.24, 2.45) is 0 Å². The molecule has 5 heteroatoms. The minimum atomic E-state index is -0.544. The molecular formula is C21H25FN2O2. The zero-order chi connectivity index (χ0) is 18.7. The van der Waals surface area contributed by atoms with E-state index in [0.717, 1.165) is 5.56 Å². The zero-order valence-corrected chi connectivity index (χ0v) is 15.5. The molecule has 0 aliphatic carbocycles. The minimum absolute atomic E-state index is 0.0311. The molecule has 26 heavy (non-hydrogen) atoms. The summed E-state index contributed by atoms with van der Waals surface area (Å²) in [5, 5.41) is 0. The number of amides is 1. The van der Waals surface area contributed by atoms with Gasteiger partial charge in [0.2, 0.25) is 0 Å². The van der Waals surface area contributed by atoms with E-state index in [2.05, 4.69) is 0 Å². The van der Waals surface area contributed by atoms with Crippen molar-refractivity contribution in [3.63, 3.8) is 0 Å². The Morgan fingerprint density at radius 3 is 2.38 bits per heavy atom. The molecule has 1 aliphatic heterocycles. The summed E-state index contributed by atoms with van der Waals surface area (Å²) >= 11 is 0. The second-order valence-corrected chi connectivity index (χ2v) is 6.77. The zero-order valence-electron chi connectivity index (χ0n) is 15.5. The number of halogens is 1. The fraction of sp³-hybridized carbons (Fsp3) is 0.381. The summed E-state index contributed by atoms with van der Waals surface area (Å²) in [7, 11) is 0. The van der Waals surface area contributed by atoms with E-state index < -0.39 is 6.10 Å². The Bertz CT molecular complexity index is 785. The van der Waals surface area contributed by atoms with Gasteiger partial charge < -0.3 is 14.5 Å². The number of nitrogens with zero attached hydrogens (tertiary/aromatic N) is 2. The third-order valence-corrected chi connectivity index (χ3v) is 4.92. The predicted molar refractivity (Wildman–Crippen MR) is 101 cm³/mol. The Labute approximate surface area is 154 Å². The van der Waals surface area contributed by atoms with Gasteiger partial charge in [-0.1, -0.05) is 18.2 Å².